The molecule has 0 amide bonds. The van der Waals surface area contributed by atoms with Crippen LogP contribution in [0.25, 0.3) is 0 Å². The van der Waals surface area contributed by atoms with Gasteiger partial charge in [0.2, 0.25) is 0 Å². The van der Waals surface area contributed by atoms with E-state index in [-0.39, 0.29) is 5.75 Å². The lowest BCUT2D eigenvalue weighted by Crippen LogP contribution is -1.91. The maximum absolute atomic E-state index is 12.4. The molecule has 0 spiro atoms. The van der Waals surface area contributed by atoms with Crippen LogP contribution < -0.4 is 4.52 Å². The molecule has 0 aliphatic carbocycles. The maximum atomic E-state index is 12.4. The van der Waals surface area contributed by atoms with E-state index in [1.807, 2.05) is 6.92 Å². The lowest BCUT2D eigenvalue weighted by Gasteiger charge is -2.09. The van der Waals surface area contributed by atoms with Crippen molar-refractivity contribution in [3.63, 3.8) is 0 Å². The van der Waals surface area contributed by atoms with Gasteiger partial charge >= 0.3 is 8.60 Å². The van der Waals surface area contributed by atoms with E-state index < -0.39 is 15.3 Å². The summed E-state index contributed by atoms with van der Waals surface area (Å²) in [7, 11) is -2.47. The number of benzene rings is 1. The minimum atomic E-state index is -2.47. The molecule has 0 saturated carbocycles. The fourth-order valence-corrected chi connectivity index (χ4v) is 1.34. The predicted octanol–water partition coefficient (Wildman–Crippen LogP) is 2.05. The van der Waals surface area contributed by atoms with Crippen LogP contribution in [-0.4, -0.2) is 9.79 Å². The summed E-state index contributed by atoms with van der Waals surface area (Å²) in [6.07, 6.45) is 0. The highest BCUT2D eigenvalue weighted by Gasteiger charge is 2.08. The maximum Gasteiger partial charge on any atom is 0.391 e. The van der Waals surface area contributed by atoms with Gasteiger partial charge < -0.3 is 14.3 Å². The van der Waals surface area contributed by atoms with Gasteiger partial charge in [-0.15, -0.1) is 0 Å². The van der Waals surface area contributed by atoms with Crippen molar-refractivity contribution in [3.05, 3.63) is 29.3 Å². The van der Waals surface area contributed by atoms with E-state index in [0.29, 0.717) is 5.56 Å². The van der Waals surface area contributed by atoms with E-state index in [9.17, 15) is 4.39 Å². The topological polar surface area (TPSA) is 49.7 Å². The first-order chi connectivity index (χ1) is 6.13. The quantitative estimate of drug-likeness (QED) is 0.741. The molecule has 0 aliphatic rings. The van der Waals surface area contributed by atoms with Crippen molar-refractivity contribution < 1.29 is 18.7 Å². The summed E-state index contributed by atoms with van der Waals surface area (Å²) < 4.78 is 17.0. The van der Waals surface area contributed by atoms with Gasteiger partial charge in [-0.25, -0.2) is 4.39 Å². The molecule has 5 heteroatoms. The zero-order chi connectivity index (χ0) is 9.84. The Morgan fingerprint density at radius 2 is 2.15 bits per heavy atom. The van der Waals surface area contributed by atoms with Gasteiger partial charge in [0.1, 0.15) is 12.4 Å². The van der Waals surface area contributed by atoms with Crippen molar-refractivity contribution in [2.24, 2.45) is 0 Å². The molecule has 0 aromatic heterocycles. The molecule has 0 saturated heterocycles. The average Bonchev–Trinajstić information content (AvgIpc) is 2.07. The van der Waals surface area contributed by atoms with Crippen LogP contribution in [0, 0.1) is 6.92 Å². The van der Waals surface area contributed by atoms with Crippen LogP contribution in [0.5, 0.6) is 5.75 Å². The van der Waals surface area contributed by atoms with Crippen LogP contribution in [0.1, 0.15) is 11.1 Å². The van der Waals surface area contributed by atoms with E-state index in [1.165, 1.54) is 6.07 Å². The third-order valence-corrected chi connectivity index (χ3v) is 1.90. The fraction of sp³-hybridized carbons (Fsp3) is 0.250. The van der Waals surface area contributed by atoms with Gasteiger partial charge in [0.15, 0.2) is 0 Å². The summed E-state index contributed by atoms with van der Waals surface area (Å²) in [5.74, 6) is 0.184. The van der Waals surface area contributed by atoms with Crippen LogP contribution in [0.15, 0.2) is 18.2 Å². The van der Waals surface area contributed by atoms with E-state index in [2.05, 4.69) is 4.52 Å². The van der Waals surface area contributed by atoms with Crippen molar-refractivity contribution >= 4 is 8.60 Å². The summed E-state index contributed by atoms with van der Waals surface area (Å²) in [5.41, 5.74) is 1.23. The van der Waals surface area contributed by atoms with Crippen LogP contribution >= 0.6 is 8.60 Å². The number of halogens is 1. The molecule has 1 rings (SSSR count). The van der Waals surface area contributed by atoms with Gasteiger partial charge in [-0.3, -0.25) is 0 Å². The van der Waals surface area contributed by atoms with E-state index >= 15 is 0 Å². The van der Waals surface area contributed by atoms with Crippen molar-refractivity contribution in [1.29, 1.82) is 0 Å². The molecule has 0 bridgehead atoms. The third kappa shape index (κ3) is 2.92. The highest BCUT2D eigenvalue weighted by atomic mass is 31.2. The van der Waals surface area contributed by atoms with Gasteiger partial charge in [0.05, 0.1) is 0 Å². The normalized spacial score (nSPS) is 10.5. The molecule has 3 nitrogen and oxygen atoms in total. The van der Waals surface area contributed by atoms with E-state index in [4.69, 9.17) is 9.79 Å². The van der Waals surface area contributed by atoms with Crippen LogP contribution in [0.2, 0.25) is 0 Å². The molecular formula is C8H10FO3P. The Bertz CT molecular complexity index is 291. The fourth-order valence-electron chi connectivity index (χ4n) is 0.990. The minimum absolute atomic E-state index is 0.184. The first-order valence-electron chi connectivity index (χ1n) is 3.65. The van der Waals surface area contributed by atoms with Crippen molar-refractivity contribution in [2.75, 3.05) is 0 Å². The van der Waals surface area contributed by atoms with Gasteiger partial charge in [0.25, 0.3) is 0 Å². The van der Waals surface area contributed by atoms with E-state index in [0.717, 1.165) is 5.56 Å². The molecule has 0 unspecified atom stereocenters. The smallest absolute Gasteiger partial charge is 0.391 e. The molecule has 1 aromatic rings. The zero-order valence-electron chi connectivity index (χ0n) is 7.07. The zero-order valence-corrected chi connectivity index (χ0v) is 7.96. The van der Waals surface area contributed by atoms with Crippen LogP contribution in [0.3, 0.4) is 0 Å². The standard InChI is InChI=1S/C8H10FO3P/c1-6-2-3-8(12-13(10)11)7(4-6)5-9/h2-4,10-11H,5H2,1H3. The van der Waals surface area contributed by atoms with Crippen molar-refractivity contribution in [3.8, 4) is 5.75 Å². The van der Waals surface area contributed by atoms with Crippen LogP contribution in [-0.2, 0) is 6.67 Å². The summed E-state index contributed by atoms with van der Waals surface area (Å²) in [5, 5.41) is 0. The Hall–Kier alpha value is -0.700. The van der Waals surface area contributed by atoms with Gasteiger partial charge in [-0.1, -0.05) is 11.6 Å². The largest absolute Gasteiger partial charge is 0.427 e. The molecule has 0 radical (unpaired) electrons. The lowest BCUT2D eigenvalue weighted by molar-refractivity contribution is 0.369. The molecule has 1 aromatic carbocycles. The summed E-state index contributed by atoms with van der Waals surface area (Å²) in [6, 6.07) is 4.84. The second kappa shape index (κ2) is 4.51. The second-order valence-corrected chi connectivity index (χ2v) is 3.28. The molecule has 13 heavy (non-hydrogen) atoms. The highest BCUT2D eigenvalue weighted by molar-refractivity contribution is 7.39. The monoisotopic (exact) mass is 204 g/mol. The third-order valence-electron chi connectivity index (χ3n) is 1.54. The molecule has 0 heterocycles. The Kier molecular flexibility index (Phi) is 3.60. The van der Waals surface area contributed by atoms with E-state index in [1.54, 1.807) is 12.1 Å². The van der Waals surface area contributed by atoms with Crippen LogP contribution in [0.4, 0.5) is 4.39 Å². The Labute approximate surface area is 76.8 Å². The summed E-state index contributed by atoms with van der Waals surface area (Å²) >= 11 is 0. The predicted molar refractivity (Wildman–Crippen MR) is 48.0 cm³/mol. The van der Waals surface area contributed by atoms with Crippen molar-refractivity contribution in [1.82, 2.24) is 0 Å². The number of hydrogen-bond acceptors (Lipinski definition) is 3. The first kappa shape index (κ1) is 10.4. The molecule has 2 N–H and O–H groups in total. The Balaban J connectivity index is 2.92. The second-order valence-electron chi connectivity index (χ2n) is 2.59. The summed E-state index contributed by atoms with van der Waals surface area (Å²) in [6.45, 7) is 1.14. The van der Waals surface area contributed by atoms with Gasteiger partial charge in [-0.05, 0) is 19.1 Å². The highest BCUT2D eigenvalue weighted by Crippen LogP contribution is 2.32. The van der Waals surface area contributed by atoms with Crippen molar-refractivity contribution in [2.45, 2.75) is 13.6 Å². The first-order valence-corrected chi connectivity index (χ1v) is 4.81. The average molecular weight is 204 g/mol. The molecule has 0 aliphatic heterocycles. The number of alkyl halides is 1. The SMILES string of the molecule is Cc1ccc(OP(O)O)c(CF)c1. The number of aryl methyl sites for hydroxylation is 1. The number of rotatable bonds is 3. The molecule has 0 atom stereocenters. The number of hydrogen-bond donors (Lipinski definition) is 2. The Morgan fingerprint density at radius 1 is 1.46 bits per heavy atom. The molecule has 0 fully saturated rings. The Morgan fingerprint density at radius 3 is 2.69 bits per heavy atom. The minimum Gasteiger partial charge on any atom is -0.427 e. The van der Waals surface area contributed by atoms with Gasteiger partial charge in [0, 0.05) is 5.56 Å². The van der Waals surface area contributed by atoms with Gasteiger partial charge in [-0.2, -0.15) is 0 Å². The molecular weight excluding hydrogens is 194 g/mol. The summed E-state index contributed by atoms with van der Waals surface area (Å²) in [4.78, 5) is 17.1. The molecule has 72 valence electrons. The lowest BCUT2D eigenvalue weighted by atomic mass is 10.1.